The Hall–Kier alpha value is -0.940. The summed E-state index contributed by atoms with van der Waals surface area (Å²) in [5.74, 6) is -0.782. The second kappa shape index (κ2) is 6.48. The van der Waals surface area contributed by atoms with E-state index in [9.17, 15) is 9.18 Å². The number of piperidine rings is 1. The highest BCUT2D eigenvalue weighted by Gasteiger charge is 2.28. The number of nitrogens with zero attached hydrogens (tertiary/aromatic N) is 1. The Bertz CT molecular complexity index is 465. The SMILES string of the molecule is O=C(c1ccc(Br)cc1F)N1CCCCC1CCO. The van der Waals surface area contributed by atoms with Gasteiger partial charge in [-0.1, -0.05) is 15.9 Å². The fraction of sp³-hybridized carbons (Fsp3) is 0.500. The summed E-state index contributed by atoms with van der Waals surface area (Å²) < 4.78 is 14.5. The summed E-state index contributed by atoms with van der Waals surface area (Å²) in [6, 6.07) is 4.50. The molecule has 1 aliphatic heterocycles. The van der Waals surface area contributed by atoms with E-state index in [1.807, 2.05) is 0 Å². The van der Waals surface area contributed by atoms with Crippen molar-refractivity contribution >= 4 is 21.8 Å². The number of aliphatic hydroxyl groups excluding tert-OH is 1. The minimum Gasteiger partial charge on any atom is -0.396 e. The smallest absolute Gasteiger partial charge is 0.257 e. The topological polar surface area (TPSA) is 40.5 Å². The maximum absolute atomic E-state index is 13.8. The Kier molecular flexibility index (Phi) is 4.93. The van der Waals surface area contributed by atoms with Crippen LogP contribution in [0.5, 0.6) is 0 Å². The molecule has 0 aromatic heterocycles. The first-order chi connectivity index (χ1) is 9.13. The summed E-state index contributed by atoms with van der Waals surface area (Å²) >= 11 is 3.18. The molecular formula is C14H17BrFNO2. The summed E-state index contributed by atoms with van der Waals surface area (Å²) in [5, 5.41) is 9.06. The number of carbonyl (C=O) groups is 1. The van der Waals surface area contributed by atoms with E-state index in [2.05, 4.69) is 15.9 Å². The number of amides is 1. The third kappa shape index (κ3) is 3.34. The first-order valence-electron chi connectivity index (χ1n) is 6.50. The minimum absolute atomic E-state index is 0.0225. The van der Waals surface area contributed by atoms with Crippen LogP contribution in [0, 0.1) is 5.82 Å². The van der Waals surface area contributed by atoms with E-state index in [1.54, 1.807) is 11.0 Å². The van der Waals surface area contributed by atoms with Crippen molar-refractivity contribution in [2.24, 2.45) is 0 Å². The number of halogens is 2. The molecule has 1 amide bonds. The van der Waals surface area contributed by atoms with Crippen LogP contribution in [0.4, 0.5) is 4.39 Å². The van der Waals surface area contributed by atoms with Gasteiger partial charge in [0.25, 0.3) is 5.91 Å². The molecule has 5 heteroatoms. The number of aliphatic hydroxyl groups is 1. The molecule has 3 nitrogen and oxygen atoms in total. The van der Waals surface area contributed by atoms with E-state index >= 15 is 0 Å². The van der Waals surface area contributed by atoms with Crippen molar-refractivity contribution in [3.8, 4) is 0 Å². The van der Waals surface area contributed by atoms with Gasteiger partial charge in [0, 0.05) is 23.7 Å². The van der Waals surface area contributed by atoms with E-state index in [-0.39, 0.29) is 24.1 Å². The molecule has 0 bridgehead atoms. The number of rotatable bonds is 3. The second-order valence-corrected chi connectivity index (χ2v) is 5.70. The van der Waals surface area contributed by atoms with Crippen LogP contribution in [0.25, 0.3) is 0 Å². The van der Waals surface area contributed by atoms with Crippen molar-refractivity contribution in [1.29, 1.82) is 0 Å². The van der Waals surface area contributed by atoms with Crippen LogP contribution in [0.1, 0.15) is 36.0 Å². The molecule has 1 aromatic carbocycles. The molecule has 0 saturated carbocycles. The minimum atomic E-state index is -0.507. The lowest BCUT2D eigenvalue weighted by molar-refractivity contribution is 0.0570. The number of hydrogen-bond acceptors (Lipinski definition) is 2. The molecule has 104 valence electrons. The molecule has 1 fully saturated rings. The van der Waals surface area contributed by atoms with Crippen LogP contribution in [0.2, 0.25) is 0 Å². The summed E-state index contributed by atoms with van der Waals surface area (Å²) in [6.45, 7) is 0.691. The molecule has 1 heterocycles. The number of carbonyl (C=O) groups excluding carboxylic acids is 1. The maximum atomic E-state index is 13.8. The van der Waals surface area contributed by atoms with Gasteiger partial charge < -0.3 is 10.0 Å². The highest BCUT2D eigenvalue weighted by atomic mass is 79.9. The third-order valence-electron chi connectivity index (χ3n) is 3.51. The average molecular weight is 330 g/mol. The molecule has 0 radical (unpaired) electrons. The van der Waals surface area contributed by atoms with Crippen molar-refractivity contribution in [3.63, 3.8) is 0 Å². The van der Waals surface area contributed by atoms with Crippen molar-refractivity contribution in [3.05, 3.63) is 34.1 Å². The van der Waals surface area contributed by atoms with Gasteiger partial charge in [0.2, 0.25) is 0 Å². The van der Waals surface area contributed by atoms with Crippen LogP contribution in [-0.2, 0) is 0 Å². The first-order valence-corrected chi connectivity index (χ1v) is 7.29. The molecule has 1 unspecified atom stereocenters. The van der Waals surface area contributed by atoms with Crippen LogP contribution in [0.15, 0.2) is 22.7 Å². The monoisotopic (exact) mass is 329 g/mol. The lowest BCUT2D eigenvalue weighted by Crippen LogP contribution is -2.44. The van der Waals surface area contributed by atoms with Crippen LogP contribution in [0.3, 0.4) is 0 Å². The molecule has 0 spiro atoms. The highest BCUT2D eigenvalue weighted by molar-refractivity contribution is 9.10. The Labute approximate surface area is 120 Å². The predicted molar refractivity (Wildman–Crippen MR) is 74.5 cm³/mol. The normalized spacial score (nSPS) is 19.5. The van der Waals surface area contributed by atoms with Gasteiger partial charge in [-0.15, -0.1) is 0 Å². The number of hydrogen-bond donors (Lipinski definition) is 1. The van der Waals surface area contributed by atoms with Gasteiger partial charge in [0.15, 0.2) is 0 Å². The van der Waals surface area contributed by atoms with Crippen molar-refractivity contribution in [2.45, 2.75) is 31.7 Å². The Balaban J connectivity index is 2.21. The molecule has 2 rings (SSSR count). The molecule has 1 aliphatic rings. The van der Waals surface area contributed by atoms with Crippen LogP contribution < -0.4 is 0 Å². The quantitative estimate of drug-likeness (QED) is 0.926. The predicted octanol–water partition coefficient (Wildman–Crippen LogP) is 2.97. The fourth-order valence-corrected chi connectivity index (χ4v) is 2.87. The molecule has 1 atom stereocenters. The van der Waals surface area contributed by atoms with Gasteiger partial charge in [0.1, 0.15) is 5.82 Å². The maximum Gasteiger partial charge on any atom is 0.257 e. The van der Waals surface area contributed by atoms with Crippen molar-refractivity contribution in [1.82, 2.24) is 4.90 Å². The molecule has 19 heavy (non-hydrogen) atoms. The van der Waals surface area contributed by atoms with E-state index in [0.29, 0.717) is 17.4 Å². The van der Waals surface area contributed by atoms with Gasteiger partial charge in [-0.2, -0.15) is 0 Å². The lowest BCUT2D eigenvalue weighted by Gasteiger charge is -2.35. The number of benzene rings is 1. The van der Waals surface area contributed by atoms with Crippen LogP contribution in [-0.4, -0.2) is 35.1 Å². The first kappa shape index (κ1) is 14.5. The summed E-state index contributed by atoms with van der Waals surface area (Å²) in [4.78, 5) is 14.1. The Morgan fingerprint density at radius 3 is 2.95 bits per heavy atom. The van der Waals surface area contributed by atoms with Gasteiger partial charge in [-0.3, -0.25) is 4.79 Å². The average Bonchev–Trinajstić information content (AvgIpc) is 2.39. The van der Waals surface area contributed by atoms with Gasteiger partial charge in [0.05, 0.1) is 5.56 Å². The third-order valence-corrected chi connectivity index (χ3v) is 4.01. The summed E-state index contributed by atoms with van der Waals surface area (Å²) in [5.41, 5.74) is 0.105. The van der Waals surface area contributed by atoms with Gasteiger partial charge in [-0.05, 0) is 43.9 Å². The lowest BCUT2D eigenvalue weighted by atomic mass is 9.98. The van der Waals surface area contributed by atoms with Crippen molar-refractivity contribution in [2.75, 3.05) is 13.2 Å². The van der Waals surface area contributed by atoms with E-state index < -0.39 is 5.82 Å². The fourth-order valence-electron chi connectivity index (χ4n) is 2.53. The van der Waals surface area contributed by atoms with Crippen molar-refractivity contribution < 1.29 is 14.3 Å². The standard InChI is InChI=1S/C14H17BrFNO2/c15-10-4-5-12(13(16)9-10)14(19)17-7-2-1-3-11(17)6-8-18/h4-5,9,11,18H,1-3,6-8H2. The summed E-state index contributed by atoms with van der Waals surface area (Å²) in [7, 11) is 0. The number of likely N-dealkylation sites (tertiary alicyclic amines) is 1. The zero-order chi connectivity index (χ0) is 13.8. The van der Waals surface area contributed by atoms with Gasteiger partial charge in [-0.25, -0.2) is 4.39 Å². The molecular weight excluding hydrogens is 313 g/mol. The highest BCUT2D eigenvalue weighted by Crippen LogP contribution is 2.24. The molecule has 1 aromatic rings. The van der Waals surface area contributed by atoms with E-state index in [0.717, 1.165) is 19.3 Å². The molecule has 1 saturated heterocycles. The molecule has 1 N–H and O–H groups in total. The zero-order valence-corrected chi connectivity index (χ0v) is 12.2. The van der Waals surface area contributed by atoms with E-state index in [4.69, 9.17) is 5.11 Å². The zero-order valence-electron chi connectivity index (χ0n) is 10.6. The second-order valence-electron chi connectivity index (χ2n) is 4.78. The molecule has 0 aliphatic carbocycles. The summed E-state index contributed by atoms with van der Waals surface area (Å²) in [6.07, 6.45) is 3.43. The Morgan fingerprint density at radius 1 is 1.47 bits per heavy atom. The van der Waals surface area contributed by atoms with Gasteiger partial charge >= 0.3 is 0 Å². The van der Waals surface area contributed by atoms with E-state index in [1.165, 1.54) is 12.1 Å². The Morgan fingerprint density at radius 2 is 2.26 bits per heavy atom. The largest absolute Gasteiger partial charge is 0.396 e. The van der Waals surface area contributed by atoms with Crippen LogP contribution >= 0.6 is 15.9 Å².